The SMILES string of the molecule is C=C(OC)S/C(=C(/C)C(C)CC)c1cccc(Cl)c1. The van der Waals surface area contributed by atoms with Gasteiger partial charge in [0.1, 0.15) is 5.09 Å². The number of benzene rings is 1. The lowest BCUT2D eigenvalue weighted by molar-refractivity contribution is 0.327. The predicted molar refractivity (Wildman–Crippen MR) is 87.2 cm³/mol. The van der Waals surface area contributed by atoms with Crippen LogP contribution in [0.25, 0.3) is 4.91 Å². The van der Waals surface area contributed by atoms with Crippen molar-refractivity contribution in [3.05, 3.63) is 52.1 Å². The molecule has 1 rings (SSSR count). The van der Waals surface area contributed by atoms with Crippen molar-refractivity contribution in [2.75, 3.05) is 7.11 Å². The van der Waals surface area contributed by atoms with Crippen LogP contribution in [0.5, 0.6) is 0 Å². The van der Waals surface area contributed by atoms with Gasteiger partial charge in [0.25, 0.3) is 0 Å². The molecule has 19 heavy (non-hydrogen) atoms. The Labute approximate surface area is 125 Å². The Balaban J connectivity index is 3.23. The summed E-state index contributed by atoms with van der Waals surface area (Å²) in [7, 11) is 1.64. The zero-order valence-electron chi connectivity index (χ0n) is 12.0. The Hall–Kier alpha value is -0.860. The zero-order valence-corrected chi connectivity index (χ0v) is 13.6. The van der Waals surface area contributed by atoms with Crippen LogP contribution in [0.1, 0.15) is 32.8 Å². The first kappa shape index (κ1) is 16.2. The highest BCUT2D eigenvalue weighted by Gasteiger charge is 2.13. The molecule has 0 N–H and O–H groups in total. The Morgan fingerprint density at radius 2 is 2.16 bits per heavy atom. The topological polar surface area (TPSA) is 9.23 Å². The number of hydrogen-bond donors (Lipinski definition) is 0. The number of ether oxygens (including phenoxy) is 1. The second-order valence-electron chi connectivity index (χ2n) is 4.51. The molecule has 3 heteroatoms. The van der Waals surface area contributed by atoms with Crippen molar-refractivity contribution in [2.45, 2.75) is 27.2 Å². The van der Waals surface area contributed by atoms with Crippen LogP contribution in [0, 0.1) is 5.92 Å². The van der Waals surface area contributed by atoms with Gasteiger partial charge in [0, 0.05) is 9.93 Å². The van der Waals surface area contributed by atoms with Crippen LogP contribution in [-0.4, -0.2) is 7.11 Å². The van der Waals surface area contributed by atoms with Crippen LogP contribution in [0.3, 0.4) is 0 Å². The molecule has 0 aliphatic heterocycles. The quantitative estimate of drug-likeness (QED) is 0.598. The van der Waals surface area contributed by atoms with Crippen LogP contribution < -0.4 is 0 Å². The van der Waals surface area contributed by atoms with Crippen molar-refractivity contribution in [1.29, 1.82) is 0 Å². The fourth-order valence-corrected chi connectivity index (χ4v) is 2.79. The van der Waals surface area contributed by atoms with E-state index in [0.29, 0.717) is 11.0 Å². The number of hydrogen-bond acceptors (Lipinski definition) is 2. The van der Waals surface area contributed by atoms with Crippen LogP contribution in [0.4, 0.5) is 0 Å². The maximum absolute atomic E-state index is 6.09. The molecular formula is C16H21ClOS. The first-order chi connectivity index (χ1) is 8.99. The minimum Gasteiger partial charge on any atom is -0.491 e. The van der Waals surface area contributed by atoms with Crippen molar-refractivity contribution in [1.82, 2.24) is 0 Å². The minimum atomic E-state index is 0.520. The lowest BCUT2D eigenvalue weighted by atomic mass is 9.97. The largest absolute Gasteiger partial charge is 0.491 e. The Morgan fingerprint density at radius 1 is 1.47 bits per heavy atom. The van der Waals surface area contributed by atoms with E-state index in [1.165, 1.54) is 10.5 Å². The molecule has 0 bridgehead atoms. The summed E-state index contributed by atoms with van der Waals surface area (Å²) in [5, 5.41) is 1.44. The molecule has 0 aromatic heterocycles. The fraction of sp³-hybridized carbons (Fsp3) is 0.375. The number of allylic oxidation sites excluding steroid dienone is 1. The summed E-state index contributed by atoms with van der Waals surface area (Å²) >= 11 is 7.65. The van der Waals surface area contributed by atoms with Gasteiger partial charge in [0.15, 0.2) is 0 Å². The highest BCUT2D eigenvalue weighted by atomic mass is 35.5. The van der Waals surface area contributed by atoms with E-state index >= 15 is 0 Å². The van der Waals surface area contributed by atoms with E-state index in [0.717, 1.165) is 17.0 Å². The van der Waals surface area contributed by atoms with Gasteiger partial charge in [-0.05, 0) is 43.5 Å². The van der Waals surface area contributed by atoms with Gasteiger partial charge in [-0.15, -0.1) is 0 Å². The summed E-state index contributed by atoms with van der Waals surface area (Å²) in [6.07, 6.45) is 1.11. The third-order valence-electron chi connectivity index (χ3n) is 3.24. The lowest BCUT2D eigenvalue weighted by Crippen LogP contribution is -1.98. The molecule has 0 saturated heterocycles. The van der Waals surface area contributed by atoms with Crippen molar-refractivity contribution >= 4 is 28.3 Å². The van der Waals surface area contributed by atoms with Gasteiger partial charge in [-0.25, -0.2) is 0 Å². The molecule has 1 aromatic rings. The molecule has 0 fully saturated rings. The molecule has 0 amide bonds. The second-order valence-corrected chi connectivity index (χ2v) is 6.01. The first-order valence-electron chi connectivity index (χ1n) is 6.37. The van der Waals surface area contributed by atoms with Crippen LogP contribution in [-0.2, 0) is 4.74 Å². The summed E-state index contributed by atoms with van der Waals surface area (Å²) in [6.45, 7) is 10.5. The van der Waals surface area contributed by atoms with E-state index in [9.17, 15) is 0 Å². The van der Waals surface area contributed by atoms with E-state index in [2.05, 4.69) is 33.4 Å². The molecule has 0 heterocycles. The first-order valence-corrected chi connectivity index (χ1v) is 7.56. The van der Waals surface area contributed by atoms with Crippen molar-refractivity contribution in [3.63, 3.8) is 0 Å². The molecule has 0 aliphatic carbocycles. The van der Waals surface area contributed by atoms with Gasteiger partial charge in [0.05, 0.1) is 7.11 Å². The molecule has 0 aliphatic rings. The number of methoxy groups -OCH3 is 1. The van der Waals surface area contributed by atoms with Gasteiger partial charge in [-0.1, -0.05) is 54.9 Å². The van der Waals surface area contributed by atoms with E-state index in [-0.39, 0.29) is 0 Å². The molecule has 0 saturated carbocycles. The van der Waals surface area contributed by atoms with Crippen molar-refractivity contribution in [2.24, 2.45) is 5.92 Å². The molecule has 1 nitrogen and oxygen atoms in total. The molecule has 1 aromatic carbocycles. The van der Waals surface area contributed by atoms with Crippen LogP contribution >= 0.6 is 23.4 Å². The Kier molecular flexibility index (Phi) is 6.53. The molecule has 104 valence electrons. The number of halogens is 1. The van der Waals surface area contributed by atoms with E-state index in [1.807, 2.05) is 18.2 Å². The maximum atomic E-state index is 6.09. The molecule has 1 atom stereocenters. The molecule has 0 spiro atoms. The summed E-state index contributed by atoms with van der Waals surface area (Å²) in [5.74, 6) is 0.520. The summed E-state index contributed by atoms with van der Waals surface area (Å²) < 4.78 is 5.20. The summed E-state index contributed by atoms with van der Waals surface area (Å²) in [4.78, 5) is 1.18. The molecule has 0 radical (unpaired) electrons. The van der Waals surface area contributed by atoms with E-state index in [1.54, 1.807) is 18.9 Å². The fourth-order valence-electron chi connectivity index (χ4n) is 1.68. The van der Waals surface area contributed by atoms with E-state index < -0.39 is 0 Å². The van der Waals surface area contributed by atoms with Gasteiger partial charge >= 0.3 is 0 Å². The number of rotatable bonds is 6. The maximum Gasteiger partial charge on any atom is 0.150 e. The summed E-state index contributed by atoms with van der Waals surface area (Å²) in [6, 6.07) is 7.91. The normalized spacial score (nSPS) is 13.7. The van der Waals surface area contributed by atoms with Crippen LogP contribution in [0.15, 0.2) is 41.5 Å². The second kappa shape index (κ2) is 7.66. The monoisotopic (exact) mass is 296 g/mol. The van der Waals surface area contributed by atoms with E-state index in [4.69, 9.17) is 16.3 Å². The minimum absolute atomic E-state index is 0.520. The average molecular weight is 297 g/mol. The predicted octanol–water partition coefficient (Wildman–Crippen LogP) is 5.97. The third-order valence-corrected chi connectivity index (χ3v) is 4.63. The Morgan fingerprint density at radius 3 is 2.68 bits per heavy atom. The highest BCUT2D eigenvalue weighted by molar-refractivity contribution is 8.11. The standard InChI is InChI=1S/C16H21ClOS/c1-6-11(2)12(3)16(19-13(4)18-5)14-8-7-9-15(17)10-14/h7-11H,4,6H2,1-3,5H3/b16-12-. The van der Waals surface area contributed by atoms with Gasteiger partial charge in [0.2, 0.25) is 0 Å². The molecular weight excluding hydrogens is 276 g/mol. The van der Waals surface area contributed by atoms with Gasteiger partial charge in [-0.3, -0.25) is 0 Å². The third kappa shape index (κ3) is 4.63. The average Bonchev–Trinajstić information content (AvgIpc) is 2.42. The lowest BCUT2D eigenvalue weighted by Gasteiger charge is -2.17. The molecule has 1 unspecified atom stereocenters. The zero-order chi connectivity index (χ0) is 14.4. The smallest absolute Gasteiger partial charge is 0.150 e. The number of thioether (sulfide) groups is 1. The van der Waals surface area contributed by atoms with Crippen LogP contribution in [0.2, 0.25) is 5.02 Å². The highest BCUT2D eigenvalue weighted by Crippen LogP contribution is 2.39. The van der Waals surface area contributed by atoms with Gasteiger partial charge < -0.3 is 4.74 Å². The summed E-state index contributed by atoms with van der Waals surface area (Å²) in [5.41, 5.74) is 2.46. The van der Waals surface area contributed by atoms with Gasteiger partial charge in [-0.2, -0.15) is 0 Å². The van der Waals surface area contributed by atoms with Crippen molar-refractivity contribution < 1.29 is 4.74 Å². The van der Waals surface area contributed by atoms with Crippen molar-refractivity contribution in [3.8, 4) is 0 Å². The Bertz CT molecular complexity index is 479.